The third-order valence-corrected chi connectivity index (χ3v) is 6.37. The van der Waals surface area contributed by atoms with Gasteiger partial charge in [0, 0.05) is 25.1 Å². The molecule has 0 radical (unpaired) electrons. The number of aryl methyl sites for hydroxylation is 1. The molecule has 40 heavy (non-hydrogen) atoms. The summed E-state index contributed by atoms with van der Waals surface area (Å²) in [6.45, 7) is -1.25. The van der Waals surface area contributed by atoms with Gasteiger partial charge < -0.3 is 24.5 Å². The van der Waals surface area contributed by atoms with E-state index >= 15 is 0 Å². The van der Waals surface area contributed by atoms with Crippen LogP contribution in [0.2, 0.25) is 0 Å². The molecule has 0 aliphatic rings. The molecule has 2 atom stereocenters. The molecule has 1 aromatic heterocycles. The average molecular weight is 585 g/mol. The van der Waals surface area contributed by atoms with E-state index in [1.54, 1.807) is 0 Å². The number of rotatable bonds is 12. The predicted molar refractivity (Wildman–Crippen MR) is 137 cm³/mol. The largest absolute Gasteiger partial charge is 0.469 e. The van der Waals surface area contributed by atoms with Gasteiger partial charge in [0.1, 0.15) is 18.2 Å². The maximum atomic E-state index is 14.0. The van der Waals surface area contributed by atoms with Crippen LogP contribution in [0.25, 0.3) is 10.8 Å². The third kappa shape index (κ3) is 9.28. The molecule has 1 heterocycles. The Morgan fingerprint density at radius 3 is 2.58 bits per heavy atom. The lowest BCUT2D eigenvalue weighted by Crippen LogP contribution is -2.43. The second kappa shape index (κ2) is 13.7. The molecule has 2 amide bonds. The first-order valence-corrected chi connectivity index (χ1v) is 13.4. The standard InChI is InChI=1S/C25H27F3N3O8P/c1-31(23(33)8-6-15-3-2-4-21(27)24(15)28)19(11-20(32)14-39-40(35,36)37)13-38-25(34)30-22-10-17-9-18(26)7-5-16(17)12-29-22/h2-5,7,9-10,12,19-20,32H,6,8,11,13-14H2,1H3,(H,29,30,34)(H2,35,36,37)/t19-,20+/m0/s1. The minimum absolute atomic E-state index is 0.0215. The molecule has 11 nitrogen and oxygen atoms in total. The number of phosphoric acid groups is 1. The summed E-state index contributed by atoms with van der Waals surface area (Å²) in [4.78, 5) is 48.1. The van der Waals surface area contributed by atoms with Crippen LogP contribution >= 0.6 is 7.82 Å². The van der Waals surface area contributed by atoms with Crippen LogP contribution < -0.4 is 5.32 Å². The van der Waals surface area contributed by atoms with E-state index in [4.69, 9.17) is 14.5 Å². The van der Waals surface area contributed by atoms with E-state index in [9.17, 15) is 32.4 Å². The lowest BCUT2D eigenvalue weighted by molar-refractivity contribution is -0.133. The lowest BCUT2D eigenvalue weighted by atomic mass is 10.1. The average Bonchev–Trinajstić information content (AvgIpc) is 2.89. The molecule has 4 N–H and O–H groups in total. The number of carbonyl (C=O) groups excluding carboxylic acids is 2. The van der Waals surface area contributed by atoms with Crippen molar-refractivity contribution in [2.45, 2.75) is 31.4 Å². The van der Waals surface area contributed by atoms with Gasteiger partial charge >= 0.3 is 13.9 Å². The second-order valence-corrected chi connectivity index (χ2v) is 10.1. The fraction of sp³-hybridized carbons (Fsp3) is 0.320. The van der Waals surface area contributed by atoms with Gasteiger partial charge in [-0.15, -0.1) is 0 Å². The summed E-state index contributed by atoms with van der Waals surface area (Å²) < 4.78 is 61.4. The zero-order chi connectivity index (χ0) is 29.4. The normalized spacial score (nSPS) is 13.1. The van der Waals surface area contributed by atoms with Gasteiger partial charge in [-0.2, -0.15) is 0 Å². The van der Waals surface area contributed by atoms with Crippen LogP contribution in [-0.4, -0.2) is 69.2 Å². The van der Waals surface area contributed by atoms with E-state index < -0.39 is 62.6 Å². The number of nitrogens with one attached hydrogen (secondary N) is 1. The minimum atomic E-state index is -4.88. The molecule has 0 aliphatic heterocycles. The smallest absolute Gasteiger partial charge is 0.447 e. The number of pyridine rings is 1. The molecule has 0 saturated carbocycles. The number of halogens is 3. The van der Waals surface area contributed by atoms with Crippen LogP contribution in [-0.2, 0) is 25.0 Å². The van der Waals surface area contributed by atoms with Gasteiger partial charge in [-0.05, 0) is 54.1 Å². The summed E-state index contributed by atoms with van der Waals surface area (Å²) in [6, 6.07) is 8.01. The van der Waals surface area contributed by atoms with Crippen molar-refractivity contribution in [3.63, 3.8) is 0 Å². The van der Waals surface area contributed by atoms with Crippen LogP contribution in [0.5, 0.6) is 0 Å². The molecule has 3 aromatic rings. The number of likely N-dealkylation sites (N-methyl/N-ethyl adjacent to an activating group) is 1. The number of aliphatic hydroxyl groups excluding tert-OH is 1. The van der Waals surface area contributed by atoms with Gasteiger partial charge in [0.05, 0.1) is 18.8 Å². The first-order chi connectivity index (χ1) is 18.8. The molecule has 0 aliphatic carbocycles. The Morgan fingerprint density at radius 1 is 1.10 bits per heavy atom. The minimum Gasteiger partial charge on any atom is -0.447 e. The molecule has 0 unspecified atom stereocenters. The Hall–Kier alpha value is -3.55. The monoisotopic (exact) mass is 585 g/mol. The fourth-order valence-corrected chi connectivity index (χ4v) is 4.13. The van der Waals surface area contributed by atoms with Crippen LogP contribution in [0, 0.1) is 17.5 Å². The van der Waals surface area contributed by atoms with E-state index in [1.807, 2.05) is 0 Å². The van der Waals surface area contributed by atoms with Crippen molar-refractivity contribution in [1.82, 2.24) is 9.88 Å². The SMILES string of the molecule is CN(C(=O)CCc1cccc(F)c1F)[C@H](COC(=O)Nc1cc2cc(F)ccc2cn1)C[C@@H](O)COP(=O)(O)O. The summed E-state index contributed by atoms with van der Waals surface area (Å²) >= 11 is 0. The van der Waals surface area contributed by atoms with Gasteiger partial charge in [-0.25, -0.2) is 27.5 Å². The Morgan fingerprint density at radius 2 is 1.85 bits per heavy atom. The number of hydrogen-bond acceptors (Lipinski definition) is 7. The van der Waals surface area contributed by atoms with Crippen LogP contribution in [0.4, 0.5) is 23.8 Å². The van der Waals surface area contributed by atoms with Crippen molar-refractivity contribution in [1.29, 1.82) is 0 Å². The summed E-state index contributed by atoms with van der Waals surface area (Å²) in [5.74, 6) is -3.14. The van der Waals surface area contributed by atoms with Crippen molar-refractivity contribution in [2.75, 3.05) is 25.6 Å². The predicted octanol–water partition coefficient (Wildman–Crippen LogP) is 3.52. The molecular formula is C25H27F3N3O8P. The molecule has 15 heteroatoms. The molecule has 0 saturated heterocycles. The number of phosphoric ester groups is 1. The summed E-state index contributed by atoms with van der Waals surface area (Å²) in [6.07, 6.45) is -1.77. The highest BCUT2D eigenvalue weighted by atomic mass is 31.2. The Labute approximate surface area is 226 Å². The van der Waals surface area contributed by atoms with Crippen LogP contribution in [0.15, 0.2) is 48.7 Å². The first kappa shape index (κ1) is 31.0. The Kier molecular flexibility index (Phi) is 10.6. The number of anilines is 1. The maximum absolute atomic E-state index is 14.0. The molecule has 0 bridgehead atoms. The van der Waals surface area contributed by atoms with Crippen molar-refractivity contribution >= 4 is 36.4 Å². The zero-order valence-electron chi connectivity index (χ0n) is 21.2. The molecule has 0 fully saturated rings. The maximum Gasteiger partial charge on any atom is 0.469 e. The number of aromatic nitrogens is 1. The van der Waals surface area contributed by atoms with Crippen LogP contribution in [0.1, 0.15) is 18.4 Å². The molecular weight excluding hydrogens is 558 g/mol. The van der Waals surface area contributed by atoms with Crippen molar-refractivity contribution < 1.29 is 51.5 Å². The van der Waals surface area contributed by atoms with E-state index in [2.05, 4.69) is 14.8 Å². The number of carbonyl (C=O) groups is 2. The van der Waals surface area contributed by atoms with E-state index in [0.717, 1.165) is 11.0 Å². The number of ether oxygens (including phenoxy) is 1. The Bertz CT molecular complexity index is 1410. The summed E-state index contributed by atoms with van der Waals surface area (Å²) in [5, 5.41) is 13.7. The highest BCUT2D eigenvalue weighted by Crippen LogP contribution is 2.36. The first-order valence-electron chi connectivity index (χ1n) is 11.9. The molecule has 0 spiro atoms. The summed E-state index contributed by atoms with van der Waals surface area (Å²) in [7, 11) is -3.56. The number of nitrogens with zero attached hydrogens (tertiary/aromatic N) is 2. The van der Waals surface area contributed by atoms with Crippen molar-refractivity contribution in [3.8, 4) is 0 Å². The van der Waals surface area contributed by atoms with Gasteiger partial charge in [-0.1, -0.05) is 12.1 Å². The number of hydrogen-bond donors (Lipinski definition) is 4. The second-order valence-electron chi connectivity index (χ2n) is 8.83. The van der Waals surface area contributed by atoms with Crippen molar-refractivity contribution in [3.05, 3.63) is 71.7 Å². The highest BCUT2D eigenvalue weighted by molar-refractivity contribution is 7.46. The number of aliphatic hydroxyl groups is 1. The third-order valence-electron chi connectivity index (χ3n) is 5.88. The zero-order valence-corrected chi connectivity index (χ0v) is 22.1. The van der Waals surface area contributed by atoms with Gasteiger partial charge in [-0.3, -0.25) is 14.6 Å². The van der Waals surface area contributed by atoms with E-state index in [-0.39, 0.29) is 30.6 Å². The molecule has 216 valence electrons. The van der Waals surface area contributed by atoms with Gasteiger partial charge in [0.2, 0.25) is 5.91 Å². The number of fused-ring (bicyclic) bond motifs is 1. The van der Waals surface area contributed by atoms with Crippen LogP contribution in [0.3, 0.4) is 0 Å². The highest BCUT2D eigenvalue weighted by Gasteiger charge is 2.26. The Balaban J connectivity index is 1.65. The number of benzene rings is 2. The topological polar surface area (TPSA) is 159 Å². The summed E-state index contributed by atoms with van der Waals surface area (Å²) in [5.41, 5.74) is -0.0215. The fourth-order valence-electron chi connectivity index (χ4n) is 3.76. The molecule has 2 aromatic carbocycles. The van der Waals surface area contributed by atoms with Gasteiger partial charge in [0.15, 0.2) is 11.6 Å². The van der Waals surface area contributed by atoms with E-state index in [1.165, 1.54) is 49.6 Å². The van der Waals surface area contributed by atoms with E-state index in [0.29, 0.717) is 10.8 Å². The number of amides is 2. The molecule has 3 rings (SSSR count). The van der Waals surface area contributed by atoms with Gasteiger partial charge in [0.25, 0.3) is 0 Å². The lowest BCUT2D eigenvalue weighted by Gasteiger charge is -2.29. The quantitative estimate of drug-likeness (QED) is 0.233. The van der Waals surface area contributed by atoms with Crippen molar-refractivity contribution in [2.24, 2.45) is 0 Å².